The summed E-state index contributed by atoms with van der Waals surface area (Å²) in [5, 5.41) is 11.6. The number of methoxy groups -OCH3 is 2. The average Bonchev–Trinajstić information content (AvgIpc) is 3.36. The summed E-state index contributed by atoms with van der Waals surface area (Å²) in [6, 6.07) is 15.1. The molecule has 0 aliphatic heterocycles. The van der Waals surface area contributed by atoms with E-state index >= 15 is 0 Å². The Bertz CT molecular complexity index is 1600. The molecule has 0 radical (unpaired) electrons. The van der Waals surface area contributed by atoms with Crippen LogP contribution in [0, 0.1) is 17.3 Å². The molecule has 0 amide bonds. The highest BCUT2D eigenvalue weighted by Gasteiger charge is 2.59. The van der Waals surface area contributed by atoms with Crippen LogP contribution in [0.25, 0.3) is 0 Å². The van der Waals surface area contributed by atoms with Crippen molar-refractivity contribution in [3.05, 3.63) is 96.1 Å². The Morgan fingerprint density at radius 3 is 1.91 bits per heavy atom. The fourth-order valence-electron chi connectivity index (χ4n) is 6.68. The predicted octanol–water partition coefficient (Wildman–Crippen LogP) is 9.21. The van der Waals surface area contributed by atoms with Crippen LogP contribution in [0.2, 0.25) is 18.1 Å². The molecule has 0 aromatic heterocycles. The molecular weight excluding hydrogens is 685 g/mol. The Kier molecular flexibility index (Phi) is 14.8. The van der Waals surface area contributed by atoms with Crippen LogP contribution in [0.4, 0.5) is 0 Å². The lowest BCUT2D eigenvalue weighted by Crippen LogP contribution is -2.51. The van der Waals surface area contributed by atoms with Crippen molar-refractivity contribution in [1.82, 2.24) is 0 Å². The minimum absolute atomic E-state index is 0.0498. The highest BCUT2D eigenvalue weighted by atomic mass is 28.4. The van der Waals surface area contributed by atoms with Gasteiger partial charge in [-0.25, -0.2) is 0 Å². The number of aliphatic hydroxyl groups is 1. The summed E-state index contributed by atoms with van der Waals surface area (Å²) in [5.41, 5.74) is 0.497. The van der Waals surface area contributed by atoms with E-state index < -0.39 is 37.5 Å². The van der Waals surface area contributed by atoms with Crippen molar-refractivity contribution in [3.8, 4) is 11.5 Å². The zero-order chi connectivity index (χ0) is 39.9. The molecular formula is C44H64O8Si. The Morgan fingerprint density at radius 1 is 0.943 bits per heavy atom. The quantitative estimate of drug-likeness (QED) is 0.0863. The molecule has 292 valence electrons. The Labute approximate surface area is 319 Å². The van der Waals surface area contributed by atoms with Crippen LogP contribution in [0.5, 0.6) is 11.5 Å². The lowest BCUT2D eigenvalue weighted by atomic mass is 9.78. The van der Waals surface area contributed by atoms with E-state index in [0.29, 0.717) is 17.6 Å². The van der Waals surface area contributed by atoms with Crippen LogP contribution in [0.15, 0.2) is 85.0 Å². The molecule has 0 saturated heterocycles. The lowest BCUT2D eigenvalue weighted by molar-refractivity contribution is -0.148. The minimum atomic E-state index is -2.34. The zero-order valence-corrected chi connectivity index (χ0v) is 35.2. The maximum absolute atomic E-state index is 14.4. The summed E-state index contributed by atoms with van der Waals surface area (Å²) in [4.78, 5) is 28.3. The summed E-state index contributed by atoms with van der Waals surface area (Å²) in [6.45, 7) is 28.7. The van der Waals surface area contributed by atoms with Crippen LogP contribution in [-0.4, -0.2) is 63.1 Å². The Balaban J connectivity index is 1.97. The van der Waals surface area contributed by atoms with Gasteiger partial charge >= 0.3 is 0 Å². The second-order valence-electron chi connectivity index (χ2n) is 16.8. The van der Waals surface area contributed by atoms with Crippen molar-refractivity contribution in [2.24, 2.45) is 17.3 Å². The highest BCUT2D eigenvalue weighted by Crippen LogP contribution is 2.50. The highest BCUT2D eigenvalue weighted by molar-refractivity contribution is 6.74. The van der Waals surface area contributed by atoms with E-state index in [1.807, 2.05) is 75.4 Å². The molecule has 1 fully saturated rings. The third kappa shape index (κ3) is 10.5. The number of carbonyl (C=O) groups is 2. The number of hydrogen-bond donors (Lipinski definition) is 1. The van der Waals surface area contributed by atoms with Crippen LogP contribution in [0.3, 0.4) is 0 Å². The number of Topliss-reactive ketones (excluding diaryl/α,β-unsaturated/α-hetero) is 2. The standard InChI is InChI=1S/C44H64O8Si/c1-15-39(50-27-32-16-20-34(48-11)21-17-32)43(9,10)38(46)25-37(45)30(4)24-36-40(52-53(13,14)42(6,7)8)31(5)26-44(36,41(47)29(2)3)51-28-33-18-22-35(49-12)23-19-33/h15-24,31,36-37,39-40,45H,1-2,25-28H2,3-14H3/b30-24+/t31-,36-,37?,39-,40+,44+/m0/s1. The fourth-order valence-corrected chi connectivity index (χ4v) is 8.09. The van der Waals surface area contributed by atoms with E-state index in [2.05, 4.69) is 53.9 Å². The summed E-state index contributed by atoms with van der Waals surface area (Å²) in [7, 11) is 0.895. The second kappa shape index (κ2) is 17.9. The van der Waals surface area contributed by atoms with E-state index in [1.54, 1.807) is 27.2 Å². The van der Waals surface area contributed by atoms with Gasteiger partial charge in [0.05, 0.1) is 51.2 Å². The lowest BCUT2D eigenvalue weighted by Gasteiger charge is -2.42. The molecule has 3 rings (SSSR count). The van der Waals surface area contributed by atoms with Crippen molar-refractivity contribution in [3.63, 3.8) is 0 Å². The molecule has 8 nitrogen and oxygen atoms in total. The molecule has 0 bridgehead atoms. The summed E-state index contributed by atoms with van der Waals surface area (Å²) in [6.07, 6.45) is 1.74. The minimum Gasteiger partial charge on any atom is -0.497 e. The first-order valence-corrected chi connectivity index (χ1v) is 21.5. The number of ether oxygens (including phenoxy) is 4. The largest absolute Gasteiger partial charge is 0.497 e. The van der Waals surface area contributed by atoms with Gasteiger partial charge in [0.2, 0.25) is 0 Å². The number of carbonyl (C=O) groups excluding carboxylic acids is 2. The summed E-state index contributed by atoms with van der Waals surface area (Å²) >= 11 is 0. The number of ketones is 2. The first-order chi connectivity index (χ1) is 24.6. The van der Waals surface area contributed by atoms with E-state index in [1.165, 1.54) is 0 Å². The molecule has 9 heteroatoms. The fraction of sp³-hybridized carbons (Fsp3) is 0.545. The molecule has 1 N–H and O–H groups in total. The number of benzene rings is 2. The third-order valence-corrected chi connectivity index (χ3v) is 15.8. The summed E-state index contributed by atoms with van der Waals surface area (Å²) < 4.78 is 30.7. The van der Waals surface area contributed by atoms with Crippen LogP contribution >= 0.6 is 0 Å². The van der Waals surface area contributed by atoms with Crippen molar-refractivity contribution in [1.29, 1.82) is 0 Å². The first-order valence-electron chi connectivity index (χ1n) is 18.5. The van der Waals surface area contributed by atoms with E-state index in [0.717, 1.165) is 22.6 Å². The van der Waals surface area contributed by atoms with Gasteiger partial charge in [-0.3, -0.25) is 9.59 Å². The second-order valence-corrected chi connectivity index (χ2v) is 21.5. The molecule has 53 heavy (non-hydrogen) atoms. The van der Waals surface area contributed by atoms with Gasteiger partial charge in [0.1, 0.15) is 22.9 Å². The van der Waals surface area contributed by atoms with Gasteiger partial charge in [0, 0.05) is 12.3 Å². The third-order valence-electron chi connectivity index (χ3n) is 11.3. The zero-order valence-electron chi connectivity index (χ0n) is 34.2. The average molecular weight is 749 g/mol. The predicted molar refractivity (Wildman–Crippen MR) is 215 cm³/mol. The molecule has 1 aliphatic carbocycles. The normalized spacial score (nSPS) is 22.2. The molecule has 2 aromatic carbocycles. The smallest absolute Gasteiger partial charge is 0.192 e. The number of hydrogen-bond acceptors (Lipinski definition) is 8. The Hall–Kier alpha value is -3.34. The van der Waals surface area contributed by atoms with Gasteiger partial charge in [0.15, 0.2) is 14.1 Å². The van der Waals surface area contributed by atoms with Gasteiger partial charge in [-0.05, 0) is 90.9 Å². The van der Waals surface area contributed by atoms with E-state index in [4.69, 9.17) is 23.4 Å². The first kappa shape index (κ1) is 44.1. The van der Waals surface area contributed by atoms with Gasteiger partial charge in [0.25, 0.3) is 0 Å². The SMILES string of the molecule is C=C[C@H](OCc1ccc(OC)cc1)C(C)(C)C(=O)CC(O)/C(C)=C/[C@H]1[C@H](O[Si](C)(C)C(C)(C)C)[C@@H](C)C[C@]1(OCc1ccc(OC)cc1)C(=O)C(=C)C. The van der Waals surface area contributed by atoms with E-state index in [-0.39, 0.29) is 48.3 Å². The van der Waals surface area contributed by atoms with Gasteiger partial charge in [-0.15, -0.1) is 6.58 Å². The molecule has 0 spiro atoms. The van der Waals surface area contributed by atoms with Crippen LogP contribution in [0.1, 0.15) is 79.4 Å². The molecule has 1 saturated carbocycles. The molecule has 2 aromatic rings. The maximum atomic E-state index is 14.4. The molecule has 6 atom stereocenters. The Morgan fingerprint density at radius 2 is 1.45 bits per heavy atom. The van der Waals surface area contributed by atoms with Gasteiger partial charge < -0.3 is 28.5 Å². The number of rotatable bonds is 19. The topological polar surface area (TPSA) is 101 Å². The molecule has 1 unspecified atom stereocenters. The van der Waals surface area contributed by atoms with E-state index in [9.17, 15) is 14.7 Å². The number of aliphatic hydroxyl groups excluding tert-OH is 1. The van der Waals surface area contributed by atoms with Gasteiger partial charge in [-0.2, -0.15) is 0 Å². The van der Waals surface area contributed by atoms with Gasteiger partial charge in [-0.1, -0.05) is 84.5 Å². The molecule has 0 heterocycles. The van der Waals surface area contributed by atoms with Crippen molar-refractivity contribution >= 4 is 19.9 Å². The molecule has 1 aliphatic rings. The summed E-state index contributed by atoms with van der Waals surface area (Å²) in [5.74, 6) is 0.503. The van der Waals surface area contributed by atoms with Crippen molar-refractivity contribution < 1.29 is 38.1 Å². The van der Waals surface area contributed by atoms with Crippen LogP contribution in [-0.2, 0) is 36.7 Å². The monoisotopic (exact) mass is 748 g/mol. The maximum Gasteiger partial charge on any atom is 0.192 e. The van der Waals surface area contributed by atoms with Crippen molar-refractivity contribution in [2.75, 3.05) is 14.2 Å². The van der Waals surface area contributed by atoms with Crippen molar-refractivity contribution in [2.45, 2.75) is 123 Å². The van der Waals surface area contributed by atoms with Crippen LogP contribution < -0.4 is 9.47 Å².